The molecular weight excluding hydrogens is 350 g/mol. The number of benzene rings is 2. The quantitative estimate of drug-likeness (QED) is 0.719. The van der Waals surface area contributed by atoms with Gasteiger partial charge in [-0.05, 0) is 42.5 Å². The molecule has 4 heteroatoms. The van der Waals surface area contributed by atoms with E-state index in [1.807, 2.05) is 30.3 Å². The SMILES string of the molecule is C=CC[C@@]12CCCC[C@H]1N(Cc1ccccc1)C(=O)c1cc3c(cc12)OCO3. The van der Waals surface area contributed by atoms with Gasteiger partial charge in [0.25, 0.3) is 5.91 Å². The molecule has 1 saturated carbocycles. The fraction of sp³-hybridized carbons (Fsp3) is 0.375. The van der Waals surface area contributed by atoms with Crippen molar-refractivity contribution in [3.63, 3.8) is 0 Å². The van der Waals surface area contributed by atoms with Crippen molar-refractivity contribution in [3.05, 3.63) is 71.8 Å². The van der Waals surface area contributed by atoms with Gasteiger partial charge in [-0.3, -0.25) is 4.79 Å². The van der Waals surface area contributed by atoms with Crippen LogP contribution >= 0.6 is 0 Å². The molecule has 0 radical (unpaired) electrons. The third-order valence-corrected chi connectivity index (χ3v) is 6.61. The van der Waals surface area contributed by atoms with Crippen LogP contribution in [0.3, 0.4) is 0 Å². The number of ether oxygens (including phenoxy) is 2. The van der Waals surface area contributed by atoms with Gasteiger partial charge < -0.3 is 14.4 Å². The van der Waals surface area contributed by atoms with E-state index in [0.29, 0.717) is 12.3 Å². The highest BCUT2D eigenvalue weighted by Gasteiger charge is 2.51. The lowest BCUT2D eigenvalue weighted by Crippen LogP contribution is -2.58. The molecule has 0 saturated heterocycles. The summed E-state index contributed by atoms with van der Waals surface area (Å²) >= 11 is 0. The van der Waals surface area contributed by atoms with Crippen LogP contribution in [0.4, 0.5) is 0 Å². The van der Waals surface area contributed by atoms with Crippen LogP contribution in [0, 0.1) is 0 Å². The number of allylic oxidation sites excluding steroid dienone is 1. The van der Waals surface area contributed by atoms with Crippen LogP contribution in [-0.4, -0.2) is 23.6 Å². The molecule has 144 valence electrons. The molecule has 2 aliphatic heterocycles. The van der Waals surface area contributed by atoms with Crippen molar-refractivity contribution in [1.82, 2.24) is 4.90 Å². The summed E-state index contributed by atoms with van der Waals surface area (Å²) in [5.41, 5.74) is 2.95. The van der Waals surface area contributed by atoms with Gasteiger partial charge in [0.05, 0.1) is 0 Å². The number of amides is 1. The minimum absolute atomic E-state index is 0.0982. The molecular formula is C24H25NO3. The Kier molecular flexibility index (Phi) is 4.15. The van der Waals surface area contributed by atoms with Gasteiger partial charge in [0.2, 0.25) is 6.79 Å². The summed E-state index contributed by atoms with van der Waals surface area (Å²) in [4.78, 5) is 15.7. The predicted molar refractivity (Wildman–Crippen MR) is 108 cm³/mol. The second-order valence-corrected chi connectivity index (χ2v) is 8.08. The monoisotopic (exact) mass is 375 g/mol. The molecule has 1 amide bonds. The van der Waals surface area contributed by atoms with Gasteiger partial charge in [0.15, 0.2) is 11.5 Å². The Labute approximate surface area is 165 Å². The van der Waals surface area contributed by atoms with E-state index in [9.17, 15) is 4.79 Å². The van der Waals surface area contributed by atoms with Crippen molar-refractivity contribution in [2.45, 2.75) is 50.1 Å². The molecule has 0 aromatic heterocycles. The summed E-state index contributed by atoms with van der Waals surface area (Å²) in [7, 11) is 0. The van der Waals surface area contributed by atoms with Crippen LogP contribution in [0.5, 0.6) is 11.5 Å². The molecule has 2 aromatic rings. The largest absolute Gasteiger partial charge is 0.454 e. The van der Waals surface area contributed by atoms with Gasteiger partial charge in [-0.2, -0.15) is 0 Å². The smallest absolute Gasteiger partial charge is 0.254 e. The van der Waals surface area contributed by atoms with Crippen LogP contribution in [0.25, 0.3) is 0 Å². The lowest BCUT2D eigenvalue weighted by atomic mass is 9.60. The molecule has 5 rings (SSSR count). The first-order chi connectivity index (χ1) is 13.7. The van der Waals surface area contributed by atoms with E-state index in [1.54, 1.807) is 0 Å². The molecule has 0 N–H and O–H groups in total. The summed E-state index contributed by atoms with van der Waals surface area (Å²) in [6, 6.07) is 14.4. The first kappa shape index (κ1) is 17.4. The number of carbonyl (C=O) groups is 1. The van der Waals surface area contributed by atoms with Gasteiger partial charge >= 0.3 is 0 Å². The maximum absolute atomic E-state index is 13.6. The second kappa shape index (κ2) is 6.69. The van der Waals surface area contributed by atoms with Crippen LogP contribution in [0.2, 0.25) is 0 Å². The van der Waals surface area contributed by atoms with E-state index in [2.05, 4.69) is 29.7 Å². The zero-order chi connectivity index (χ0) is 19.1. The van der Waals surface area contributed by atoms with E-state index in [1.165, 1.54) is 6.42 Å². The van der Waals surface area contributed by atoms with Crippen LogP contribution in [0.1, 0.15) is 53.6 Å². The average molecular weight is 375 g/mol. The number of rotatable bonds is 4. The Morgan fingerprint density at radius 2 is 1.93 bits per heavy atom. The Bertz CT molecular complexity index is 923. The third-order valence-electron chi connectivity index (χ3n) is 6.61. The Morgan fingerprint density at radius 1 is 1.14 bits per heavy atom. The number of nitrogens with zero attached hydrogens (tertiary/aromatic N) is 1. The van der Waals surface area contributed by atoms with Gasteiger partial charge in [0, 0.05) is 23.6 Å². The third kappa shape index (κ3) is 2.55. The van der Waals surface area contributed by atoms with E-state index in [-0.39, 0.29) is 24.2 Å². The van der Waals surface area contributed by atoms with Gasteiger partial charge in [-0.25, -0.2) is 0 Å². The van der Waals surface area contributed by atoms with Crippen LogP contribution < -0.4 is 9.47 Å². The zero-order valence-corrected chi connectivity index (χ0v) is 16.0. The summed E-state index contributed by atoms with van der Waals surface area (Å²) in [6.07, 6.45) is 7.30. The first-order valence-electron chi connectivity index (χ1n) is 10.1. The molecule has 1 aliphatic carbocycles. The number of hydrogen-bond donors (Lipinski definition) is 0. The van der Waals surface area contributed by atoms with Crippen molar-refractivity contribution in [1.29, 1.82) is 0 Å². The molecule has 3 aliphatic rings. The maximum atomic E-state index is 13.6. The molecule has 2 aromatic carbocycles. The second-order valence-electron chi connectivity index (χ2n) is 8.08. The molecule has 0 bridgehead atoms. The lowest BCUT2D eigenvalue weighted by Gasteiger charge is -2.53. The van der Waals surface area contributed by atoms with Crippen molar-refractivity contribution in [2.24, 2.45) is 0 Å². The normalized spacial score (nSPS) is 25.2. The topological polar surface area (TPSA) is 38.8 Å². The fourth-order valence-electron chi connectivity index (χ4n) is 5.38. The molecule has 4 nitrogen and oxygen atoms in total. The molecule has 0 spiro atoms. The summed E-state index contributed by atoms with van der Waals surface area (Å²) in [5, 5.41) is 0. The fourth-order valence-corrected chi connectivity index (χ4v) is 5.38. The lowest BCUT2D eigenvalue weighted by molar-refractivity contribution is 0.0351. The molecule has 28 heavy (non-hydrogen) atoms. The van der Waals surface area contributed by atoms with Crippen LogP contribution in [-0.2, 0) is 12.0 Å². The van der Waals surface area contributed by atoms with Crippen LogP contribution in [0.15, 0.2) is 55.1 Å². The predicted octanol–water partition coefficient (Wildman–Crippen LogP) is 4.83. The van der Waals surface area contributed by atoms with E-state index >= 15 is 0 Å². The van der Waals surface area contributed by atoms with Gasteiger partial charge in [-0.15, -0.1) is 6.58 Å². The number of carbonyl (C=O) groups excluding carboxylic acids is 1. The average Bonchev–Trinajstić information content (AvgIpc) is 3.19. The summed E-state index contributed by atoms with van der Waals surface area (Å²) in [6.45, 7) is 4.91. The molecule has 1 fully saturated rings. The minimum atomic E-state index is -0.0982. The zero-order valence-electron chi connectivity index (χ0n) is 16.0. The van der Waals surface area contributed by atoms with Crippen molar-refractivity contribution in [3.8, 4) is 11.5 Å². The molecule has 2 heterocycles. The van der Waals surface area contributed by atoms with E-state index in [0.717, 1.165) is 48.1 Å². The highest BCUT2D eigenvalue weighted by Crippen LogP contribution is 2.52. The highest BCUT2D eigenvalue weighted by atomic mass is 16.7. The van der Waals surface area contributed by atoms with E-state index < -0.39 is 0 Å². The van der Waals surface area contributed by atoms with Crippen molar-refractivity contribution >= 4 is 5.91 Å². The standard InChI is InChI=1S/C24H25NO3/c1-2-11-24-12-7-6-10-22(24)25(15-17-8-4-3-5-9-17)23(26)18-13-20-21(14-19(18)24)28-16-27-20/h2-5,8-9,13-14,22H,1,6-7,10-12,15-16H2/t22-,24+/m1/s1. The Morgan fingerprint density at radius 3 is 2.71 bits per heavy atom. The Hall–Kier alpha value is -2.75. The number of fused-ring (bicyclic) bond motifs is 4. The van der Waals surface area contributed by atoms with Crippen molar-refractivity contribution < 1.29 is 14.3 Å². The Balaban J connectivity index is 1.67. The summed E-state index contributed by atoms with van der Waals surface area (Å²) < 4.78 is 11.2. The molecule has 2 atom stereocenters. The highest BCUT2D eigenvalue weighted by molar-refractivity contribution is 5.99. The van der Waals surface area contributed by atoms with Gasteiger partial charge in [-0.1, -0.05) is 49.2 Å². The first-order valence-corrected chi connectivity index (χ1v) is 10.1. The van der Waals surface area contributed by atoms with Crippen molar-refractivity contribution in [2.75, 3.05) is 6.79 Å². The van der Waals surface area contributed by atoms with E-state index in [4.69, 9.17) is 9.47 Å². The maximum Gasteiger partial charge on any atom is 0.254 e. The number of hydrogen-bond acceptors (Lipinski definition) is 3. The molecule has 0 unspecified atom stereocenters. The summed E-state index contributed by atoms with van der Waals surface area (Å²) in [5.74, 6) is 1.54. The van der Waals surface area contributed by atoms with Gasteiger partial charge in [0.1, 0.15) is 0 Å². The minimum Gasteiger partial charge on any atom is -0.454 e.